The number of carboxylic acids is 1. The fourth-order valence-corrected chi connectivity index (χ4v) is 3.77. The number of carboxylic acid groups (broad SMARTS) is 1. The van der Waals surface area contributed by atoms with Gasteiger partial charge in [-0.3, -0.25) is 9.59 Å². The third-order valence-electron chi connectivity index (χ3n) is 3.75. The van der Waals surface area contributed by atoms with E-state index in [1.807, 2.05) is 0 Å². The van der Waals surface area contributed by atoms with Crippen molar-refractivity contribution in [1.82, 2.24) is 10.3 Å². The molecule has 1 aromatic heterocycles. The fourth-order valence-electron chi connectivity index (χ4n) is 2.45. The van der Waals surface area contributed by atoms with Gasteiger partial charge in [-0.05, 0) is 36.4 Å². The molecule has 0 radical (unpaired) electrons. The second-order valence-electron chi connectivity index (χ2n) is 5.60. The van der Waals surface area contributed by atoms with E-state index in [2.05, 4.69) is 10.3 Å². The Morgan fingerprint density at radius 3 is 2.37 bits per heavy atom. The summed E-state index contributed by atoms with van der Waals surface area (Å²) in [7, 11) is -3.74. The van der Waals surface area contributed by atoms with E-state index in [0.717, 1.165) is 0 Å². The van der Waals surface area contributed by atoms with Crippen LogP contribution >= 0.6 is 0 Å². The van der Waals surface area contributed by atoms with Crippen molar-refractivity contribution in [3.63, 3.8) is 0 Å². The molecule has 0 aliphatic heterocycles. The Labute approximate surface area is 154 Å². The molecule has 8 nitrogen and oxygen atoms in total. The summed E-state index contributed by atoms with van der Waals surface area (Å²) < 4.78 is 25.4. The Morgan fingerprint density at radius 2 is 1.70 bits per heavy atom. The van der Waals surface area contributed by atoms with Crippen molar-refractivity contribution in [3.8, 4) is 5.75 Å². The topological polar surface area (TPSA) is 134 Å². The van der Waals surface area contributed by atoms with Gasteiger partial charge in [0.15, 0.2) is 5.69 Å². The van der Waals surface area contributed by atoms with Crippen molar-refractivity contribution in [2.75, 3.05) is 6.54 Å². The Kier molecular flexibility index (Phi) is 4.78. The molecular weight excluding hydrogens is 372 g/mol. The van der Waals surface area contributed by atoms with Gasteiger partial charge in [0.05, 0.1) is 15.3 Å². The number of aromatic hydroxyl groups is 1. The number of nitrogens with one attached hydrogen (secondary N) is 1. The van der Waals surface area contributed by atoms with Crippen LogP contribution in [0.3, 0.4) is 0 Å². The summed E-state index contributed by atoms with van der Waals surface area (Å²) in [6, 6.07) is 13.2. The van der Waals surface area contributed by atoms with Crippen LogP contribution in [0.4, 0.5) is 0 Å². The highest BCUT2D eigenvalue weighted by atomic mass is 32.2. The quantitative estimate of drug-likeness (QED) is 0.606. The number of pyridine rings is 1. The fraction of sp³-hybridized carbons (Fsp3) is 0.0556. The van der Waals surface area contributed by atoms with Gasteiger partial charge < -0.3 is 15.5 Å². The lowest BCUT2D eigenvalue weighted by Gasteiger charge is -2.08. The molecule has 2 aromatic carbocycles. The second-order valence-corrected chi connectivity index (χ2v) is 7.55. The van der Waals surface area contributed by atoms with E-state index in [-0.39, 0.29) is 21.0 Å². The zero-order chi connectivity index (χ0) is 19.6. The molecule has 3 N–H and O–H groups in total. The van der Waals surface area contributed by atoms with E-state index in [1.54, 1.807) is 18.2 Å². The number of sulfone groups is 1. The van der Waals surface area contributed by atoms with Crippen LogP contribution in [0, 0.1) is 0 Å². The average Bonchev–Trinajstić information content (AvgIpc) is 2.65. The van der Waals surface area contributed by atoms with Gasteiger partial charge in [0.1, 0.15) is 12.3 Å². The molecule has 3 aromatic rings. The number of hydrogen-bond acceptors (Lipinski definition) is 6. The minimum atomic E-state index is -3.74. The lowest BCUT2D eigenvalue weighted by molar-refractivity contribution is -0.135. The maximum absolute atomic E-state index is 12.7. The molecule has 3 rings (SSSR count). The van der Waals surface area contributed by atoms with Crippen LogP contribution in [0.2, 0.25) is 0 Å². The van der Waals surface area contributed by atoms with Gasteiger partial charge >= 0.3 is 5.97 Å². The van der Waals surface area contributed by atoms with Crippen LogP contribution in [0.5, 0.6) is 5.75 Å². The number of benzene rings is 2. The van der Waals surface area contributed by atoms with E-state index in [1.165, 1.54) is 36.4 Å². The van der Waals surface area contributed by atoms with Crippen molar-refractivity contribution >= 4 is 32.6 Å². The first-order valence-electron chi connectivity index (χ1n) is 7.73. The highest BCUT2D eigenvalue weighted by Gasteiger charge is 2.20. The molecule has 0 aliphatic rings. The molecule has 1 heterocycles. The van der Waals surface area contributed by atoms with Gasteiger partial charge in [-0.25, -0.2) is 13.4 Å². The molecule has 138 valence electrons. The highest BCUT2D eigenvalue weighted by Crippen LogP contribution is 2.27. The smallest absolute Gasteiger partial charge is 0.322 e. The van der Waals surface area contributed by atoms with Crippen LogP contribution in [0.15, 0.2) is 64.4 Å². The van der Waals surface area contributed by atoms with E-state index in [9.17, 15) is 23.1 Å². The Morgan fingerprint density at radius 1 is 1.00 bits per heavy atom. The molecule has 0 bridgehead atoms. The van der Waals surface area contributed by atoms with Gasteiger partial charge in [0.2, 0.25) is 9.84 Å². The van der Waals surface area contributed by atoms with Crippen LogP contribution in [0.1, 0.15) is 10.5 Å². The standard InChI is InChI=1S/C18H14N2O6S/c21-15-9-11-8-13(27(25,26)12-4-2-1-3-5-12)6-7-14(11)20-17(15)18(24)19-10-16(22)23/h1-9,21H,10H2,(H,19,24)(H,22,23). The number of carbonyl (C=O) groups excluding carboxylic acids is 1. The molecule has 0 saturated carbocycles. The number of fused-ring (bicyclic) bond motifs is 1. The van der Waals surface area contributed by atoms with Crippen molar-refractivity contribution in [2.24, 2.45) is 0 Å². The first-order chi connectivity index (χ1) is 12.8. The molecule has 0 atom stereocenters. The largest absolute Gasteiger partial charge is 0.505 e. The number of carbonyl (C=O) groups is 2. The van der Waals surface area contributed by atoms with Gasteiger partial charge in [-0.15, -0.1) is 0 Å². The Hall–Kier alpha value is -3.46. The van der Waals surface area contributed by atoms with Crippen molar-refractivity contribution in [1.29, 1.82) is 0 Å². The maximum Gasteiger partial charge on any atom is 0.322 e. The van der Waals surface area contributed by atoms with E-state index in [0.29, 0.717) is 5.39 Å². The van der Waals surface area contributed by atoms with E-state index < -0.39 is 34.0 Å². The zero-order valence-corrected chi connectivity index (χ0v) is 14.6. The summed E-state index contributed by atoms with van der Waals surface area (Å²) in [5.74, 6) is -2.57. The summed E-state index contributed by atoms with van der Waals surface area (Å²) in [6.45, 7) is -0.619. The number of aliphatic carboxylic acids is 1. The molecule has 27 heavy (non-hydrogen) atoms. The van der Waals surface area contributed by atoms with E-state index in [4.69, 9.17) is 5.11 Å². The van der Waals surface area contributed by atoms with Gasteiger partial charge in [0, 0.05) is 5.39 Å². The minimum Gasteiger partial charge on any atom is -0.505 e. The predicted molar refractivity (Wildman–Crippen MR) is 95.3 cm³/mol. The lowest BCUT2D eigenvalue weighted by atomic mass is 10.2. The Bertz CT molecular complexity index is 1140. The summed E-state index contributed by atoms with van der Waals surface area (Å²) in [4.78, 5) is 26.6. The molecule has 0 aliphatic carbocycles. The molecule has 0 saturated heterocycles. The highest BCUT2D eigenvalue weighted by molar-refractivity contribution is 7.91. The molecule has 1 amide bonds. The minimum absolute atomic E-state index is 0.0190. The summed E-state index contributed by atoms with van der Waals surface area (Å²) in [5.41, 5.74) is -0.0669. The van der Waals surface area contributed by atoms with Crippen LogP contribution in [-0.2, 0) is 14.6 Å². The van der Waals surface area contributed by atoms with Crippen molar-refractivity contribution in [3.05, 3.63) is 60.3 Å². The molecule has 0 spiro atoms. The van der Waals surface area contributed by atoms with Crippen LogP contribution in [0.25, 0.3) is 10.9 Å². The van der Waals surface area contributed by atoms with Gasteiger partial charge in [-0.1, -0.05) is 18.2 Å². The average molecular weight is 386 g/mol. The van der Waals surface area contributed by atoms with E-state index >= 15 is 0 Å². The summed E-state index contributed by atoms with van der Waals surface area (Å²) in [6.07, 6.45) is 0. The van der Waals surface area contributed by atoms with Gasteiger partial charge in [-0.2, -0.15) is 0 Å². The van der Waals surface area contributed by atoms with Crippen LogP contribution in [-0.4, -0.2) is 42.0 Å². The van der Waals surface area contributed by atoms with Gasteiger partial charge in [0.25, 0.3) is 5.91 Å². The predicted octanol–water partition coefficient (Wildman–Crippen LogP) is 1.59. The van der Waals surface area contributed by atoms with Crippen LogP contribution < -0.4 is 5.32 Å². The number of nitrogens with zero attached hydrogens (tertiary/aromatic N) is 1. The number of rotatable bonds is 5. The molecule has 0 unspecified atom stereocenters. The third-order valence-corrected chi connectivity index (χ3v) is 5.51. The second kappa shape index (κ2) is 7.04. The molecule has 0 fully saturated rings. The summed E-state index contributed by atoms with van der Waals surface area (Å²) in [5, 5.41) is 21.1. The number of aromatic nitrogens is 1. The maximum atomic E-state index is 12.7. The normalized spacial score (nSPS) is 11.3. The molecular formula is C18H14N2O6S. The van der Waals surface area contributed by atoms with Crippen molar-refractivity contribution < 1.29 is 28.2 Å². The first kappa shape index (κ1) is 18.3. The number of amides is 1. The SMILES string of the molecule is O=C(O)CNC(=O)c1nc2ccc(S(=O)(=O)c3ccccc3)cc2cc1O. The number of hydrogen-bond donors (Lipinski definition) is 3. The molecule has 9 heteroatoms. The van der Waals surface area contributed by atoms with Crippen molar-refractivity contribution in [2.45, 2.75) is 9.79 Å². The lowest BCUT2D eigenvalue weighted by Crippen LogP contribution is -2.29. The third kappa shape index (κ3) is 3.72. The first-order valence-corrected chi connectivity index (χ1v) is 9.21. The monoisotopic (exact) mass is 386 g/mol. The Balaban J connectivity index is 2.01. The summed E-state index contributed by atoms with van der Waals surface area (Å²) >= 11 is 0. The zero-order valence-electron chi connectivity index (χ0n) is 13.8.